The SMILES string of the molecule is Cc1c(Cl)cccc1-c1ccc(C(=O)N2CCN(c3ccc([N+](=O)[O-])cc3Cl)CC2)o1. The molecule has 2 aromatic carbocycles. The van der Waals surface area contributed by atoms with E-state index in [1.807, 2.05) is 30.0 Å². The number of anilines is 1. The van der Waals surface area contributed by atoms with Gasteiger partial charge in [-0.3, -0.25) is 14.9 Å². The summed E-state index contributed by atoms with van der Waals surface area (Å²) in [4.78, 5) is 27.1. The van der Waals surface area contributed by atoms with Crippen molar-refractivity contribution in [2.75, 3.05) is 31.1 Å². The van der Waals surface area contributed by atoms with E-state index in [9.17, 15) is 14.9 Å². The predicted molar refractivity (Wildman–Crippen MR) is 120 cm³/mol. The molecule has 2 heterocycles. The van der Waals surface area contributed by atoms with Crippen LogP contribution < -0.4 is 4.90 Å². The van der Waals surface area contributed by atoms with Crippen LogP contribution in [0.3, 0.4) is 0 Å². The molecule has 0 N–H and O–H groups in total. The van der Waals surface area contributed by atoms with Crippen LogP contribution in [0.15, 0.2) is 52.9 Å². The number of nitrogens with zero attached hydrogens (tertiary/aromatic N) is 3. The Balaban J connectivity index is 1.44. The third-order valence-corrected chi connectivity index (χ3v) is 6.11. The van der Waals surface area contributed by atoms with E-state index in [0.717, 1.165) is 16.8 Å². The van der Waals surface area contributed by atoms with Gasteiger partial charge in [-0.15, -0.1) is 0 Å². The molecule has 160 valence electrons. The lowest BCUT2D eigenvalue weighted by Gasteiger charge is -2.36. The first kappa shape index (κ1) is 21.2. The van der Waals surface area contributed by atoms with E-state index in [1.165, 1.54) is 12.1 Å². The number of carbonyl (C=O) groups excluding carboxylic acids is 1. The second kappa shape index (κ2) is 8.61. The van der Waals surface area contributed by atoms with Gasteiger partial charge in [-0.25, -0.2) is 0 Å². The molecule has 7 nitrogen and oxygen atoms in total. The number of rotatable bonds is 4. The topological polar surface area (TPSA) is 79.8 Å². The summed E-state index contributed by atoms with van der Waals surface area (Å²) in [5.41, 5.74) is 2.41. The normalized spacial score (nSPS) is 14.0. The Morgan fingerprint density at radius 3 is 2.45 bits per heavy atom. The fraction of sp³-hybridized carbons (Fsp3) is 0.227. The van der Waals surface area contributed by atoms with Crippen LogP contribution in [0.5, 0.6) is 0 Å². The molecule has 9 heteroatoms. The van der Waals surface area contributed by atoms with Crippen molar-refractivity contribution in [2.24, 2.45) is 0 Å². The number of nitro benzene ring substituents is 1. The number of halogens is 2. The summed E-state index contributed by atoms with van der Waals surface area (Å²) in [5, 5.41) is 11.9. The highest BCUT2D eigenvalue weighted by Gasteiger charge is 2.26. The quantitative estimate of drug-likeness (QED) is 0.383. The first-order valence-corrected chi connectivity index (χ1v) is 10.4. The third-order valence-electron chi connectivity index (χ3n) is 5.40. The van der Waals surface area contributed by atoms with Crippen LogP contribution in [0.1, 0.15) is 16.1 Å². The molecular weight excluding hydrogens is 441 g/mol. The zero-order valence-corrected chi connectivity index (χ0v) is 18.2. The van der Waals surface area contributed by atoms with E-state index < -0.39 is 4.92 Å². The van der Waals surface area contributed by atoms with Gasteiger partial charge in [0.1, 0.15) is 5.76 Å². The molecule has 0 unspecified atom stereocenters. The summed E-state index contributed by atoms with van der Waals surface area (Å²) >= 11 is 12.4. The van der Waals surface area contributed by atoms with Crippen molar-refractivity contribution >= 4 is 40.5 Å². The summed E-state index contributed by atoms with van der Waals surface area (Å²) in [5.74, 6) is 0.691. The Labute approximate surface area is 188 Å². The smallest absolute Gasteiger partial charge is 0.289 e. The molecule has 0 bridgehead atoms. The molecule has 0 radical (unpaired) electrons. The van der Waals surface area contributed by atoms with Gasteiger partial charge in [0.25, 0.3) is 11.6 Å². The highest BCUT2D eigenvalue weighted by molar-refractivity contribution is 6.33. The molecule has 0 spiro atoms. The number of amides is 1. The van der Waals surface area contributed by atoms with Crippen LogP contribution in [-0.4, -0.2) is 41.9 Å². The molecule has 1 amide bonds. The van der Waals surface area contributed by atoms with E-state index >= 15 is 0 Å². The molecule has 1 aromatic heterocycles. The maximum absolute atomic E-state index is 12.9. The molecule has 0 aliphatic carbocycles. The van der Waals surface area contributed by atoms with Gasteiger partial charge < -0.3 is 14.2 Å². The molecule has 4 rings (SSSR count). The molecule has 1 fully saturated rings. The molecule has 1 aliphatic heterocycles. The van der Waals surface area contributed by atoms with Crippen LogP contribution >= 0.6 is 23.2 Å². The standard InChI is InChI=1S/C22H19Cl2N3O4/c1-14-16(3-2-4-17(14)23)20-7-8-21(31-20)22(28)26-11-9-25(10-12-26)19-6-5-15(27(29)30)13-18(19)24/h2-8,13H,9-12H2,1H3. The van der Waals surface area contributed by atoms with Crippen LogP contribution in [0.4, 0.5) is 11.4 Å². The first-order chi connectivity index (χ1) is 14.8. The molecule has 31 heavy (non-hydrogen) atoms. The predicted octanol–water partition coefficient (Wildman–Crippen LogP) is 5.43. The van der Waals surface area contributed by atoms with Crippen molar-refractivity contribution in [2.45, 2.75) is 6.92 Å². The van der Waals surface area contributed by atoms with Gasteiger partial charge in [-0.05, 0) is 36.8 Å². The molecule has 0 atom stereocenters. The van der Waals surface area contributed by atoms with E-state index in [2.05, 4.69) is 0 Å². The van der Waals surface area contributed by atoms with Gasteiger partial charge in [0, 0.05) is 48.9 Å². The fourth-order valence-electron chi connectivity index (χ4n) is 3.64. The second-order valence-electron chi connectivity index (χ2n) is 7.25. The number of furan rings is 1. The number of nitro groups is 1. The Bertz CT molecular complexity index is 1150. The van der Waals surface area contributed by atoms with Gasteiger partial charge in [-0.2, -0.15) is 0 Å². The molecule has 1 saturated heterocycles. The zero-order chi connectivity index (χ0) is 22.1. The van der Waals surface area contributed by atoms with E-state index in [1.54, 1.807) is 23.1 Å². The highest BCUT2D eigenvalue weighted by Crippen LogP contribution is 2.32. The minimum absolute atomic E-state index is 0.0499. The summed E-state index contributed by atoms with van der Waals surface area (Å²) in [6.07, 6.45) is 0. The van der Waals surface area contributed by atoms with Gasteiger partial charge >= 0.3 is 0 Å². The van der Waals surface area contributed by atoms with Crippen LogP contribution in [-0.2, 0) is 0 Å². The minimum Gasteiger partial charge on any atom is -0.451 e. The van der Waals surface area contributed by atoms with Crippen molar-refractivity contribution < 1.29 is 14.1 Å². The average Bonchev–Trinajstić information content (AvgIpc) is 3.25. The first-order valence-electron chi connectivity index (χ1n) is 9.68. The van der Waals surface area contributed by atoms with Crippen LogP contribution in [0.2, 0.25) is 10.0 Å². The number of non-ortho nitro benzene ring substituents is 1. The van der Waals surface area contributed by atoms with Gasteiger partial charge in [-0.1, -0.05) is 35.3 Å². The van der Waals surface area contributed by atoms with E-state index in [4.69, 9.17) is 27.6 Å². The largest absolute Gasteiger partial charge is 0.451 e. The lowest BCUT2D eigenvalue weighted by atomic mass is 10.1. The monoisotopic (exact) mass is 459 g/mol. The minimum atomic E-state index is -0.477. The lowest BCUT2D eigenvalue weighted by molar-refractivity contribution is -0.384. The summed E-state index contributed by atoms with van der Waals surface area (Å²) in [6, 6.07) is 13.4. The van der Waals surface area contributed by atoms with Gasteiger partial charge in [0.05, 0.1) is 15.6 Å². The van der Waals surface area contributed by atoms with Gasteiger partial charge in [0.2, 0.25) is 0 Å². The number of hydrogen-bond donors (Lipinski definition) is 0. The van der Waals surface area contributed by atoms with Crippen molar-refractivity contribution in [3.8, 4) is 11.3 Å². The van der Waals surface area contributed by atoms with Crippen molar-refractivity contribution in [1.29, 1.82) is 0 Å². The molecule has 1 aliphatic rings. The van der Waals surface area contributed by atoms with Gasteiger partial charge in [0.15, 0.2) is 5.76 Å². The van der Waals surface area contributed by atoms with Crippen molar-refractivity contribution in [3.05, 3.63) is 80.0 Å². The van der Waals surface area contributed by atoms with Crippen LogP contribution in [0.25, 0.3) is 11.3 Å². The maximum Gasteiger partial charge on any atom is 0.289 e. The molecule has 0 saturated carbocycles. The van der Waals surface area contributed by atoms with Crippen molar-refractivity contribution in [3.63, 3.8) is 0 Å². The Morgan fingerprint density at radius 2 is 1.77 bits per heavy atom. The second-order valence-corrected chi connectivity index (χ2v) is 8.06. The Hall–Kier alpha value is -3.03. The zero-order valence-electron chi connectivity index (χ0n) is 16.7. The van der Waals surface area contributed by atoms with Crippen LogP contribution in [0, 0.1) is 17.0 Å². The lowest BCUT2D eigenvalue weighted by Crippen LogP contribution is -2.48. The molecule has 3 aromatic rings. The fourth-order valence-corrected chi connectivity index (χ4v) is 4.11. The van der Waals surface area contributed by atoms with E-state index in [0.29, 0.717) is 42.0 Å². The summed E-state index contributed by atoms with van der Waals surface area (Å²) < 4.78 is 5.84. The number of piperazine rings is 1. The maximum atomic E-state index is 12.9. The van der Waals surface area contributed by atoms with E-state index in [-0.39, 0.29) is 17.4 Å². The summed E-state index contributed by atoms with van der Waals surface area (Å²) in [6.45, 7) is 4.00. The highest BCUT2D eigenvalue weighted by atomic mass is 35.5. The number of carbonyl (C=O) groups is 1. The number of hydrogen-bond acceptors (Lipinski definition) is 5. The number of benzene rings is 2. The molecular formula is C22H19Cl2N3O4. The Kier molecular flexibility index (Phi) is 5.89. The van der Waals surface area contributed by atoms with Crippen molar-refractivity contribution in [1.82, 2.24) is 4.90 Å². The average molecular weight is 460 g/mol. The third kappa shape index (κ3) is 4.24. The summed E-state index contributed by atoms with van der Waals surface area (Å²) in [7, 11) is 0. The Morgan fingerprint density at radius 1 is 1.03 bits per heavy atom.